The number of rotatable bonds is 15. The Balaban J connectivity index is 1.66. The molecule has 2 unspecified atom stereocenters. The minimum atomic E-state index is -0.368. The van der Waals surface area contributed by atoms with Gasteiger partial charge in [0.15, 0.2) is 11.5 Å². The molecule has 1 aromatic rings. The van der Waals surface area contributed by atoms with Gasteiger partial charge in [-0.05, 0) is 62.6 Å². The molecule has 2 amide bonds. The normalized spacial score (nSPS) is 20.4. The SMILES string of the molecule is COCCCOc1cc(C(=O)N(CC2CNCC2CN(C)C(=O)[C@@H](OC)C2CCCCC2)C(C)C)ccc1OC. The number of likely N-dealkylation sites (N-methyl/N-ethyl adjacent to an activating group) is 1. The molecule has 1 aliphatic carbocycles. The maximum absolute atomic E-state index is 13.8. The summed E-state index contributed by atoms with van der Waals surface area (Å²) in [6.45, 7) is 8.07. The summed E-state index contributed by atoms with van der Waals surface area (Å²) in [5.41, 5.74) is 0.571. The quantitative estimate of drug-likeness (QED) is 0.326. The van der Waals surface area contributed by atoms with Crippen LogP contribution in [-0.4, -0.2) is 102 Å². The predicted octanol–water partition coefficient (Wildman–Crippen LogP) is 3.85. The van der Waals surface area contributed by atoms with E-state index in [-0.39, 0.29) is 35.8 Å². The Kier molecular flexibility index (Phi) is 13.0. The molecule has 2 fully saturated rings. The molecule has 1 heterocycles. The summed E-state index contributed by atoms with van der Waals surface area (Å²) < 4.78 is 22.2. The topological polar surface area (TPSA) is 89.6 Å². The van der Waals surface area contributed by atoms with Gasteiger partial charge >= 0.3 is 0 Å². The van der Waals surface area contributed by atoms with Crippen molar-refractivity contribution in [3.05, 3.63) is 23.8 Å². The largest absolute Gasteiger partial charge is 0.493 e. The monoisotopic (exact) mass is 561 g/mol. The molecule has 40 heavy (non-hydrogen) atoms. The van der Waals surface area contributed by atoms with Gasteiger partial charge in [0.25, 0.3) is 11.8 Å². The molecule has 1 N–H and O–H groups in total. The van der Waals surface area contributed by atoms with Gasteiger partial charge in [0.05, 0.1) is 13.7 Å². The van der Waals surface area contributed by atoms with Crippen molar-refractivity contribution in [1.82, 2.24) is 15.1 Å². The Morgan fingerprint density at radius 3 is 2.30 bits per heavy atom. The summed E-state index contributed by atoms with van der Waals surface area (Å²) in [5, 5.41) is 3.50. The van der Waals surface area contributed by atoms with E-state index in [0.29, 0.717) is 49.3 Å². The van der Waals surface area contributed by atoms with E-state index in [1.165, 1.54) is 19.3 Å². The second-order valence-electron chi connectivity index (χ2n) is 11.6. The van der Waals surface area contributed by atoms with Gasteiger partial charge < -0.3 is 34.1 Å². The standard InChI is InChI=1S/C31H51N3O6/c1-22(2)34(30(35)24-13-14-27(38-5)28(17-24)40-16-10-15-37-4)21-26-19-32-18-25(26)20-33(3)31(36)29(39-6)23-11-8-7-9-12-23/h13-14,17,22-23,25-26,29,32H,7-12,15-16,18-21H2,1-6H3/t25?,26?,29-/m0/s1. The highest BCUT2D eigenvalue weighted by atomic mass is 16.5. The molecule has 0 radical (unpaired) electrons. The number of ether oxygens (including phenoxy) is 4. The molecule has 3 rings (SSSR count). The van der Waals surface area contributed by atoms with Crippen LogP contribution in [0.15, 0.2) is 18.2 Å². The predicted molar refractivity (Wildman–Crippen MR) is 156 cm³/mol. The smallest absolute Gasteiger partial charge is 0.254 e. The Hall–Kier alpha value is -2.36. The van der Waals surface area contributed by atoms with Crippen LogP contribution in [-0.2, 0) is 14.3 Å². The first kappa shape index (κ1) is 32.2. The van der Waals surface area contributed by atoms with E-state index >= 15 is 0 Å². The van der Waals surface area contributed by atoms with Crippen molar-refractivity contribution in [2.75, 3.05) is 67.8 Å². The maximum atomic E-state index is 13.8. The van der Waals surface area contributed by atoms with Crippen molar-refractivity contribution in [3.63, 3.8) is 0 Å². The summed E-state index contributed by atoms with van der Waals surface area (Å²) in [6.07, 6.45) is 6.08. The molecule has 1 aliphatic heterocycles. The zero-order chi connectivity index (χ0) is 29.1. The lowest BCUT2D eigenvalue weighted by Crippen LogP contribution is -2.46. The minimum absolute atomic E-state index is 0.0189. The average molecular weight is 562 g/mol. The number of carbonyl (C=O) groups excluding carboxylic acids is 2. The van der Waals surface area contributed by atoms with Crippen LogP contribution in [0.3, 0.4) is 0 Å². The molecule has 9 nitrogen and oxygen atoms in total. The maximum Gasteiger partial charge on any atom is 0.254 e. The Morgan fingerprint density at radius 1 is 0.975 bits per heavy atom. The molecule has 2 aliphatic rings. The summed E-state index contributed by atoms with van der Waals surface area (Å²) in [4.78, 5) is 30.9. The van der Waals surface area contributed by atoms with E-state index in [2.05, 4.69) is 5.32 Å². The molecule has 1 saturated heterocycles. The number of methoxy groups -OCH3 is 3. The van der Waals surface area contributed by atoms with Gasteiger partial charge in [-0.25, -0.2) is 0 Å². The molecular weight excluding hydrogens is 510 g/mol. The van der Waals surface area contributed by atoms with Gasteiger partial charge in [0, 0.05) is 72.1 Å². The van der Waals surface area contributed by atoms with Gasteiger partial charge in [-0.1, -0.05) is 19.3 Å². The first-order valence-corrected chi connectivity index (χ1v) is 14.9. The Labute approximate surface area is 240 Å². The summed E-state index contributed by atoms with van der Waals surface area (Å²) in [7, 11) is 6.81. The lowest BCUT2D eigenvalue weighted by molar-refractivity contribution is -0.145. The van der Waals surface area contributed by atoms with Crippen LogP contribution in [0.5, 0.6) is 11.5 Å². The highest BCUT2D eigenvalue weighted by molar-refractivity contribution is 5.95. The van der Waals surface area contributed by atoms with Crippen LogP contribution in [0, 0.1) is 17.8 Å². The van der Waals surface area contributed by atoms with E-state index in [0.717, 1.165) is 32.4 Å². The lowest BCUT2D eigenvalue weighted by atomic mass is 9.84. The number of carbonyl (C=O) groups is 2. The first-order valence-electron chi connectivity index (χ1n) is 14.9. The average Bonchev–Trinajstić information content (AvgIpc) is 3.40. The van der Waals surface area contributed by atoms with Crippen LogP contribution in [0.4, 0.5) is 0 Å². The number of hydrogen-bond acceptors (Lipinski definition) is 7. The minimum Gasteiger partial charge on any atom is -0.493 e. The molecule has 1 aromatic carbocycles. The summed E-state index contributed by atoms with van der Waals surface area (Å²) >= 11 is 0. The number of benzene rings is 1. The molecule has 9 heteroatoms. The third-order valence-electron chi connectivity index (χ3n) is 8.42. The fourth-order valence-corrected chi connectivity index (χ4v) is 6.06. The van der Waals surface area contributed by atoms with E-state index in [1.54, 1.807) is 39.5 Å². The van der Waals surface area contributed by atoms with Gasteiger partial charge in [-0.15, -0.1) is 0 Å². The van der Waals surface area contributed by atoms with Crippen LogP contribution in [0.25, 0.3) is 0 Å². The van der Waals surface area contributed by atoms with E-state index in [4.69, 9.17) is 18.9 Å². The molecule has 3 atom stereocenters. The number of nitrogens with zero attached hydrogens (tertiary/aromatic N) is 2. The van der Waals surface area contributed by atoms with E-state index in [1.807, 2.05) is 30.7 Å². The highest BCUT2D eigenvalue weighted by Gasteiger charge is 2.36. The van der Waals surface area contributed by atoms with Gasteiger partial charge in [0.1, 0.15) is 6.10 Å². The third kappa shape index (κ3) is 8.57. The third-order valence-corrected chi connectivity index (χ3v) is 8.42. The van der Waals surface area contributed by atoms with Crippen molar-refractivity contribution in [1.29, 1.82) is 0 Å². The fourth-order valence-electron chi connectivity index (χ4n) is 6.06. The van der Waals surface area contributed by atoms with E-state index in [9.17, 15) is 9.59 Å². The van der Waals surface area contributed by atoms with Crippen molar-refractivity contribution < 1.29 is 28.5 Å². The molecule has 1 saturated carbocycles. The van der Waals surface area contributed by atoms with Gasteiger partial charge in [-0.2, -0.15) is 0 Å². The van der Waals surface area contributed by atoms with E-state index < -0.39 is 0 Å². The Bertz CT molecular complexity index is 936. The fraction of sp³-hybridized carbons (Fsp3) is 0.742. The number of nitrogens with one attached hydrogen (secondary N) is 1. The number of hydrogen-bond donors (Lipinski definition) is 1. The molecule has 0 aromatic heterocycles. The zero-order valence-corrected chi connectivity index (χ0v) is 25.4. The van der Waals surface area contributed by atoms with Crippen LogP contribution < -0.4 is 14.8 Å². The summed E-state index contributed by atoms with van der Waals surface area (Å²) in [5.74, 6) is 1.99. The highest BCUT2D eigenvalue weighted by Crippen LogP contribution is 2.31. The zero-order valence-electron chi connectivity index (χ0n) is 25.4. The van der Waals surface area contributed by atoms with Crippen LogP contribution in [0.1, 0.15) is 62.7 Å². The van der Waals surface area contributed by atoms with Crippen molar-refractivity contribution in [2.45, 2.75) is 64.5 Å². The van der Waals surface area contributed by atoms with Crippen molar-refractivity contribution in [2.24, 2.45) is 17.8 Å². The molecule has 0 bridgehead atoms. The molecule has 226 valence electrons. The van der Waals surface area contributed by atoms with Gasteiger partial charge in [-0.3, -0.25) is 9.59 Å². The van der Waals surface area contributed by atoms with Crippen LogP contribution in [0.2, 0.25) is 0 Å². The second-order valence-corrected chi connectivity index (χ2v) is 11.6. The lowest BCUT2D eigenvalue weighted by Gasteiger charge is -2.34. The first-order chi connectivity index (χ1) is 19.3. The Morgan fingerprint density at radius 2 is 1.68 bits per heavy atom. The van der Waals surface area contributed by atoms with Crippen molar-refractivity contribution >= 4 is 11.8 Å². The molecular formula is C31H51N3O6. The summed E-state index contributed by atoms with van der Waals surface area (Å²) in [6, 6.07) is 5.38. The van der Waals surface area contributed by atoms with Gasteiger partial charge in [0.2, 0.25) is 0 Å². The molecule has 0 spiro atoms. The van der Waals surface area contributed by atoms with Crippen molar-refractivity contribution in [3.8, 4) is 11.5 Å². The van der Waals surface area contributed by atoms with Crippen LogP contribution >= 0.6 is 0 Å². The second kappa shape index (κ2) is 16.2. The number of amides is 2.